The van der Waals surface area contributed by atoms with Gasteiger partial charge in [-0.15, -0.1) is 0 Å². The van der Waals surface area contributed by atoms with Crippen LogP contribution in [0.3, 0.4) is 0 Å². The van der Waals surface area contributed by atoms with E-state index in [1.165, 1.54) is 12.1 Å². The van der Waals surface area contributed by atoms with Crippen LogP contribution >= 0.6 is 15.9 Å². The highest BCUT2D eigenvalue weighted by atomic mass is 79.9. The molecule has 0 bridgehead atoms. The number of aliphatic hydroxyl groups is 1. The normalized spacial score (nSPS) is 16.5. The van der Waals surface area contributed by atoms with Gasteiger partial charge in [0.25, 0.3) is 0 Å². The van der Waals surface area contributed by atoms with Crippen molar-refractivity contribution in [3.8, 4) is 0 Å². The van der Waals surface area contributed by atoms with Crippen molar-refractivity contribution in [3.05, 3.63) is 57.7 Å². The molecule has 3 rings (SSSR count). The summed E-state index contributed by atoms with van der Waals surface area (Å²) in [6.45, 7) is 7.84. The Morgan fingerprint density at radius 1 is 1.29 bits per heavy atom. The second kappa shape index (κ2) is 8.70. The number of hydrogen-bond donors (Lipinski definition) is 2. The average molecular weight is 498 g/mol. The molecular weight excluding hydrogens is 472 g/mol. The third kappa shape index (κ3) is 6.36. The van der Waals surface area contributed by atoms with Gasteiger partial charge in [0.1, 0.15) is 23.1 Å². The first-order valence-corrected chi connectivity index (χ1v) is 10.7. The number of carbonyl (C=O) groups is 1. The van der Waals surface area contributed by atoms with Gasteiger partial charge in [0, 0.05) is 23.6 Å². The number of benzene rings is 1. The number of nitrogens with zero attached hydrogens (tertiary/aromatic N) is 2. The summed E-state index contributed by atoms with van der Waals surface area (Å²) >= 11 is 3.47. The lowest BCUT2D eigenvalue weighted by Gasteiger charge is -2.45. The quantitative estimate of drug-likeness (QED) is 0.635. The number of halogens is 3. The standard InChI is InChI=1S/C22H26BrF2N3O3/c1-21(2,3)31-20(29)26-17(9-13-7-14(24)10-15(25)8-13)19-16(23)5-6-18(27-19)28-11-22(4,30)12-28/h5-8,10,17,30H,9,11-12H2,1-4H3,(H,26,29)/t17-/m0/s1. The van der Waals surface area contributed by atoms with E-state index in [4.69, 9.17) is 4.74 Å². The fourth-order valence-electron chi connectivity index (χ4n) is 3.44. The van der Waals surface area contributed by atoms with Gasteiger partial charge >= 0.3 is 6.09 Å². The van der Waals surface area contributed by atoms with E-state index in [1.54, 1.807) is 39.8 Å². The van der Waals surface area contributed by atoms with E-state index in [2.05, 4.69) is 26.2 Å². The molecule has 1 fully saturated rings. The third-order valence-electron chi connectivity index (χ3n) is 4.63. The number of aromatic nitrogens is 1. The Bertz CT molecular complexity index is 951. The highest BCUT2D eigenvalue weighted by Gasteiger charge is 2.37. The lowest BCUT2D eigenvalue weighted by atomic mass is 9.97. The third-order valence-corrected chi connectivity index (χ3v) is 5.30. The molecule has 0 aliphatic carbocycles. The van der Waals surface area contributed by atoms with Gasteiger partial charge in [-0.2, -0.15) is 0 Å². The maximum atomic E-state index is 13.7. The van der Waals surface area contributed by atoms with Gasteiger partial charge in [-0.3, -0.25) is 0 Å². The Morgan fingerprint density at radius 3 is 2.45 bits per heavy atom. The Kier molecular flexibility index (Phi) is 6.57. The van der Waals surface area contributed by atoms with Crippen LogP contribution in [0.15, 0.2) is 34.8 Å². The second-order valence-electron chi connectivity index (χ2n) is 9.07. The zero-order valence-corrected chi connectivity index (χ0v) is 19.5. The molecule has 2 aromatic rings. The number of hydrogen-bond acceptors (Lipinski definition) is 5. The molecule has 0 radical (unpaired) electrons. The van der Waals surface area contributed by atoms with Crippen molar-refractivity contribution in [2.75, 3.05) is 18.0 Å². The van der Waals surface area contributed by atoms with Crippen molar-refractivity contribution < 1.29 is 23.4 Å². The predicted molar refractivity (Wildman–Crippen MR) is 117 cm³/mol. The molecule has 0 unspecified atom stereocenters. The van der Waals surface area contributed by atoms with E-state index in [1.807, 2.05) is 4.90 Å². The van der Waals surface area contributed by atoms with Crippen LogP contribution < -0.4 is 10.2 Å². The first-order valence-electron chi connectivity index (χ1n) is 9.90. The first kappa shape index (κ1) is 23.4. The number of ether oxygens (including phenoxy) is 1. The summed E-state index contributed by atoms with van der Waals surface area (Å²) in [6, 6.07) is 6.11. The molecule has 0 saturated carbocycles. The fourth-order valence-corrected chi connectivity index (χ4v) is 3.93. The molecule has 9 heteroatoms. The summed E-state index contributed by atoms with van der Waals surface area (Å²) < 4.78 is 33.5. The Balaban J connectivity index is 1.92. The average Bonchev–Trinajstić information content (AvgIpc) is 2.57. The molecule has 168 valence electrons. The van der Waals surface area contributed by atoms with Gasteiger partial charge in [-0.25, -0.2) is 18.6 Å². The minimum Gasteiger partial charge on any atom is -0.444 e. The van der Waals surface area contributed by atoms with Crippen LogP contribution in [0.4, 0.5) is 19.4 Å². The van der Waals surface area contributed by atoms with Crippen molar-refractivity contribution >= 4 is 27.8 Å². The van der Waals surface area contributed by atoms with E-state index in [-0.39, 0.29) is 6.42 Å². The molecule has 1 aliphatic rings. The number of β-amino-alcohol motifs (C(OH)–C–C–N with tert-alkyl or cyclic N) is 1. The molecule has 1 aliphatic heterocycles. The highest BCUT2D eigenvalue weighted by molar-refractivity contribution is 9.10. The van der Waals surface area contributed by atoms with Crippen molar-refractivity contribution in [1.29, 1.82) is 0 Å². The minimum atomic E-state index is -0.776. The Hall–Kier alpha value is -2.26. The summed E-state index contributed by atoms with van der Waals surface area (Å²) in [5.41, 5.74) is -0.638. The van der Waals surface area contributed by atoms with E-state index in [0.29, 0.717) is 34.6 Å². The summed E-state index contributed by atoms with van der Waals surface area (Å²) in [5, 5.41) is 12.8. The van der Waals surface area contributed by atoms with Gasteiger partial charge in [0.2, 0.25) is 0 Å². The number of rotatable bonds is 5. The maximum absolute atomic E-state index is 13.7. The summed E-state index contributed by atoms with van der Waals surface area (Å²) in [6.07, 6.45) is -0.568. The summed E-state index contributed by atoms with van der Waals surface area (Å²) in [5.74, 6) is -0.768. The van der Waals surface area contributed by atoms with Crippen LogP contribution in [0.2, 0.25) is 0 Å². The van der Waals surface area contributed by atoms with Crippen LogP contribution in [0, 0.1) is 11.6 Å². The first-order chi connectivity index (χ1) is 14.3. The number of nitrogens with one attached hydrogen (secondary N) is 1. The molecule has 1 aromatic carbocycles. The second-order valence-corrected chi connectivity index (χ2v) is 9.92. The lowest BCUT2D eigenvalue weighted by Crippen LogP contribution is -2.60. The van der Waals surface area contributed by atoms with E-state index in [9.17, 15) is 18.7 Å². The summed E-state index contributed by atoms with van der Waals surface area (Å²) in [4.78, 5) is 19.0. The highest BCUT2D eigenvalue weighted by Crippen LogP contribution is 2.31. The van der Waals surface area contributed by atoms with Gasteiger partial charge in [0.05, 0.1) is 17.3 Å². The van der Waals surface area contributed by atoms with Gasteiger partial charge in [0.15, 0.2) is 0 Å². The maximum Gasteiger partial charge on any atom is 0.408 e. The van der Waals surface area contributed by atoms with Gasteiger partial charge in [-0.05, 0) is 79.9 Å². The number of alkyl carbamates (subject to hydrolysis) is 1. The van der Waals surface area contributed by atoms with Crippen molar-refractivity contribution in [3.63, 3.8) is 0 Å². The lowest BCUT2D eigenvalue weighted by molar-refractivity contribution is 0.0305. The molecule has 1 amide bonds. The number of carbonyl (C=O) groups excluding carboxylic acids is 1. The van der Waals surface area contributed by atoms with E-state index < -0.39 is 35.0 Å². The topological polar surface area (TPSA) is 74.7 Å². The molecule has 0 spiro atoms. The van der Waals surface area contributed by atoms with E-state index >= 15 is 0 Å². The monoisotopic (exact) mass is 497 g/mol. The SMILES string of the molecule is CC1(O)CN(c2ccc(Br)c([C@H](Cc3cc(F)cc(F)c3)NC(=O)OC(C)(C)C)n2)C1. The smallest absolute Gasteiger partial charge is 0.408 e. The number of amides is 1. The molecule has 1 atom stereocenters. The largest absolute Gasteiger partial charge is 0.444 e. The molecule has 1 saturated heterocycles. The van der Waals surface area contributed by atoms with Crippen molar-refractivity contribution in [1.82, 2.24) is 10.3 Å². The molecule has 1 aromatic heterocycles. The van der Waals surface area contributed by atoms with Crippen LogP contribution in [0.25, 0.3) is 0 Å². The van der Waals surface area contributed by atoms with Crippen LogP contribution in [-0.4, -0.2) is 40.5 Å². The predicted octanol–water partition coefficient (Wildman–Crippen LogP) is 4.50. The number of pyridine rings is 1. The van der Waals surface area contributed by atoms with E-state index in [0.717, 1.165) is 6.07 Å². The molecule has 2 N–H and O–H groups in total. The van der Waals surface area contributed by atoms with Crippen LogP contribution in [0.1, 0.15) is 45.0 Å². The Morgan fingerprint density at radius 2 is 1.90 bits per heavy atom. The summed E-state index contributed by atoms with van der Waals surface area (Å²) in [7, 11) is 0. The molecular formula is C22H26BrF2N3O3. The van der Waals surface area contributed by atoms with Crippen LogP contribution in [-0.2, 0) is 11.2 Å². The fraction of sp³-hybridized carbons (Fsp3) is 0.455. The molecule has 6 nitrogen and oxygen atoms in total. The van der Waals surface area contributed by atoms with Gasteiger partial charge < -0.3 is 20.1 Å². The van der Waals surface area contributed by atoms with Crippen molar-refractivity contribution in [2.24, 2.45) is 0 Å². The Labute approximate surface area is 188 Å². The van der Waals surface area contributed by atoms with Gasteiger partial charge in [-0.1, -0.05) is 0 Å². The number of anilines is 1. The molecule has 2 heterocycles. The minimum absolute atomic E-state index is 0.0979. The van der Waals surface area contributed by atoms with Crippen LogP contribution in [0.5, 0.6) is 0 Å². The van der Waals surface area contributed by atoms with Crippen molar-refractivity contribution in [2.45, 2.75) is 51.4 Å². The zero-order valence-electron chi connectivity index (χ0n) is 17.9. The molecule has 31 heavy (non-hydrogen) atoms. The zero-order chi connectivity index (χ0) is 23.0.